The first-order valence-electron chi connectivity index (χ1n) is 7.34. The van der Waals surface area contributed by atoms with Crippen LogP contribution in [0.2, 0.25) is 0 Å². The Bertz CT molecular complexity index is 539. The average molecular weight is 274 g/mol. The quantitative estimate of drug-likeness (QED) is 0.774. The van der Waals surface area contributed by atoms with Gasteiger partial charge in [-0.15, -0.1) is 0 Å². The van der Waals surface area contributed by atoms with Crippen molar-refractivity contribution in [1.29, 1.82) is 0 Å². The number of fused-ring (bicyclic) bond motifs is 1. The third-order valence-corrected chi connectivity index (χ3v) is 4.44. The molecule has 1 aromatic rings. The van der Waals surface area contributed by atoms with Crippen LogP contribution < -0.4 is 10.6 Å². The maximum Gasteiger partial charge on any atom is 0.224 e. The minimum atomic E-state index is -0.512. The first kappa shape index (κ1) is 13.6. The van der Waals surface area contributed by atoms with Crippen molar-refractivity contribution >= 4 is 11.6 Å². The molecule has 0 aliphatic carbocycles. The molecule has 1 fully saturated rings. The summed E-state index contributed by atoms with van der Waals surface area (Å²) in [6, 6.07) is 5.89. The molecule has 0 unspecified atom stereocenters. The average Bonchev–Trinajstić information content (AvgIpc) is 2.77. The van der Waals surface area contributed by atoms with Gasteiger partial charge in [-0.3, -0.25) is 4.79 Å². The van der Waals surface area contributed by atoms with Gasteiger partial charge in [-0.25, -0.2) is 0 Å². The molecule has 1 aromatic carbocycles. The van der Waals surface area contributed by atoms with Gasteiger partial charge in [0, 0.05) is 23.7 Å². The van der Waals surface area contributed by atoms with E-state index in [9.17, 15) is 9.90 Å². The molecule has 2 aliphatic heterocycles. The first-order chi connectivity index (χ1) is 9.46. The molecule has 4 nitrogen and oxygen atoms in total. The highest BCUT2D eigenvalue weighted by Gasteiger charge is 2.35. The van der Waals surface area contributed by atoms with Gasteiger partial charge in [0.25, 0.3) is 0 Å². The summed E-state index contributed by atoms with van der Waals surface area (Å²) in [5.41, 5.74) is 2.99. The standard InChI is InChI=1S/C16H22N2O2/c1-16(2)9-8-13(18-16)15(20)11-4-3-5-12-10(11)6-7-14(19)17-12/h3-5,13,15,18,20H,6-9H2,1-2H3,(H,17,19)/t13-,15+/m0/s1. The lowest BCUT2D eigenvalue weighted by Crippen LogP contribution is -2.40. The molecule has 0 bridgehead atoms. The van der Waals surface area contributed by atoms with Crippen LogP contribution in [0.4, 0.5) is 5.69 Å². The third-order valence-electron chi connectivity index (χ3n) is 4.44. The molecule has 1 saturated heterocycles. The van der Waals surface area contributed by atoms with Crippen LogP contribution in [0.5, 0.6) is 0 Å². The number of carbonyl (C=O) groups excluding carboxylic acids is 1. The number of rotatable bonds is 2. The number of benzene rings is 1. The van der Waals surface area contributed by atoms with Crippen LogP contribution in [0.15, 0.2) is 18.2 Å². The number of carbonyl (C=O) groups is 1. The zero-order valence-electron chi connectivity index (χ0n) is 12.1. The van der Waals surface area contributed by atoms with E-state index < -0.39 is 6.10 Å². The number of amides is 1. The van der Waals surface area contributed by atoms with Crippen LogP contribution in [0.1, 0.15) is 50.3 Å². The number of hydrogen-bond donors (Lipinski definition) is 3. The van der Waals surface area contributed by atoms with Crippen LogP contribution in [0.25, 0.3) is 0 Å². The van der Waals surface area contributed by atoms with Crippen LogP contribution in [0.3, 0.4) is 0 Å². The molecule has 0 aromatic heterocycles. The van der Waals surface area contributed by atoms with Crippen molar-refractivity contribution in [3.05, 3.63) is 29.3 Å². The normalized spacial score (nSPS) is 25.9. The number of nitrogens with one attached hydrogen (secondary N) is 2. The van der Waals surface area contributed by atoms with E-state index in [1.807, 2.05) is 18.2 Å². The molecule has 4 heteroatoms. The second kappa shape index (κ2) is 4.86. The Kier molecular flexibility index (Phi) is 3.30. The fraction of sp³-hybridized carbons (Fsp3) is 0.562. The molecule has 0 spiro atoms. The lowest BCUT2D eigenvalue weighted by Gasteiger charge is -2.27. The second-order valence-corrected chi connectivity index (χ2v) is 6.54. The van der Waals surface area contributed by atoms with Gasteiger partial charge >= 0.3 is 0 Å². The summed E-state index contributed by atoms with van der Waals surface area (Å²) >= 11 is 0. The Balaban J connectivity index is 1.87. The summed E-state index contributed by atoms with van der Waals surface area (Å²) < 4.78 is 0. The maximum atomic E-state index is 11.5. The predicted octanol–water partition coefficient (Wildman–Crippen LogP) is 2.14. The minimum Gasteiger partial charge on any atom is -0.387 e. The van der Waals surface area contributed by atoms with Gasteiger partial charge in [-0.05, 0) is 50.3 Å². The zero-order valence-corrected chi connectivity index (χ0v) is 12.1. The second-order valence-electron chi connectivity index (χ2n) is 6.54. The number of aliphatic hydroxyl groups is 1. The lowest BCUT2D eigenvalue weighted by molar-refractivity contribution is -0.116. The van der Waals surface area contributed by atoms with E-state index in [2.05, 4.69) is 24.5 Å². The molecule has 2 atom stereocenters. The predicted molar refractivity (Wildman–Crippen MR) is 78.6 cm³/mol. The van der Waals surface area contributed by atoms with E-state index in [4.69, 9.17) is 0 Å². The molecule has 3 N–H and O–H groups in total. The molecule has 108 valence electrons. The van der Waals surface area contributed by atoms with Crippen LogP contribution in [0, 0.1) is 0 Å². The largest absolute Gasteiger partial charge is 0.387 e. The zero-order chi connectivity index (χ0) is 14.3. The van der Waals surface area contributed by atoms with Crippen molar-refractivity contribution in [1.82, 2.24) is 5.32 Å². The van der Waals surface area contributed by atoms with Crippen molar-refractivity contribution in [3.63, 3.8) is 0 Å². The lowest BCUT2D eigenvalue weighted by atomic mass is 9.91. The van der Waals surface area contributed by atoms with Gasteiger partial charge in [0.15, 0.2) is 0 Å². The highest BCUT2D eigenvalue weighted by molar-refractivity contribution is 5.94. The van der Waals surface area contributed by atoms with Crippen molar-refractivity contribution < 1.29 is 9.90 Å². The highest BCUT2D eigenvalue weighted by atomic mass is 16.3. The molecule has 2 aliphatic rings. The third kappa shape index (κ3) is 2.45. The Morgan fingerprint density at radius 1 is 1.35 bits per heavy atom. The van der Waals surface area contributed by atoms with Gasteiger partial charge in [0.1, 0.15) is 0 Å². The Labute approximate surface area is 119 Å². The van der Waals surface area contributed by atoms with Crippen LogP contribution >= 0.6 is 0 Å². The number of aliphatic hydroxyl groups excluding tert-OH is 1. The summed E-state index contributed by atoms with van der Waals surface area (Å²) in [7, 11) is 0. The highest BCUT2D eigenvalue weighted by Crippen LogP contribution is 2.35. The summed E-state index contributed by atoms with van der Waals surface area (Å²) in [5, 5.41) is 17.1. The van der Waals surface area contributed by atoms with Crippen molar-refractivity contribution in [2.24, 2.45) is 0 Å². The van der Waals surface area contributed by atoms with Gasteiger partial charge in [0.05, 0.1) is 6.10 Å². The molecule has 2 heterocycles. The summed E-state index contributed by atoms with van der Waals surface area (Å²) in [6.45, 7) is 4.33. The maximum absolute atomic E-state index is 11.5. The molecule has 20 heavy (non-hydrogen) atoms. The fourth-order valence-electron chi connectivity index (χ4n) is 3.35. The van der Waals surface area contributed by atoms with Crippen molar-refractivity contribution in [2.75, 3.05) is 5.32 Å². The fourth-order valence-corrected chi connectivity index (χ4v) is 3.35. The molecule has 3 rings (SSSR count). The number of hydrogen-bond acceptors (Lipinski definition) is 3. The Hall–Kier alpha value is -1.39. The van der Waals surface area contributed by atoms with Crippen LogP contribution in [-0.2, 0) is 11.2 Å². The monoisotopic (exact) mass is 274 g/mol. The molecule has 0 radical (unpaired) electrons. The van der Waals surface area contributed by atoms with Gasteiger partial charge in [-0.2, -0.15) is 0 Å². The summed E-state index contributed by atoms with van der Waals surface area (Å²) in [6.07, 6.45) is 2.75. The van der Waals surface area contributed by atoms with Crippen molar-refractivity contribution in [3.8, 4) is 0 Å². The molecule has 1 amide bonds. The Morgan fingerprint density at radius 2 is 2.15 bits per heavy atom. The van der Waals surface area contributed by atoms with Crippen molar-refractivity contribution in [2.45, 2.75) is 57.2 Å². The van der Waals surface area contributed by atoms with E-state index in [0.717, 1.165) is 29.7 Å². The SMILES string of the molecule is CC1(C)CC[C@@H]([C@H](O)c2cccc3c2CCC(=O)N3)N1. The van der Waals surface area contributed by atoms with E-state index in [1.54, 1.807) is 0 Å². The van der Waals surface area contributed by atoms with E-state index in [1.165, 1.54) is 0 Å². The molecular formula is C16H22N2O2. The summed E-state index contributed by atoms with van der Waals surface area (Å²) in [4.78, 5) is 11.5. The van der Waals surface area contributed by atoms with Gasteiger partial charge < -0.3 is 15.7 Å². The van der Waals surface area contributed by atoms with Gasteiger partial charge in [-0.1, -0.05) is 12.1 Å². The van der Waals surface area contributed by atoms with E-state index in [-0.39, 0.29) is 17.5 Å². The topological polar surface area (TPSA) is 61.4 Å². The van der Waals surface area contributed by atoms with E-state index in [0.29, 0.717) is 12.8 Å². The first-order valence-corrected chi connectivity index (χ1v) is 7.34. The van der Waals surface area contributed by atoms with Crippen LogP contribution in [-0.4, -0.2) is 22.6 Å². The summed E-state index contributed by atoms with van der Waals surface area (Å²) in [5.74, 6) is 0.0595. The number of anilines is 1. The van der Waals surface area contributed by atoms with E-state index >= 15 is 0 Å². The minimum absolute atomic E-state index is 0.0595. The van der Waals surface area contributed by atoms with Gasteiger partial charge in [0.2, 0.25) is 5.91 Å². The molecule has 0 saturated carbocycles. The Morgan fingerprint density at radius 3 is 2.85 bits per heavy atom. The smallest absolute Gasteiger partial charge is 0.224 e. The molecular weight excluding hydrogens is 252 g/mol.